The van der Waals surface area contributed by atoms with E-state index in [2.05, 4.69) is 33.4 Å². The summed E-state index contributed by atoms with van der Waals surface area (Å²) >= 11 is 0. The predicted molar refractivity (Wildman–Crippen MR) is 126 cm³/mol. The van der Waals surface area contributed by atoms with Gasteiger partial charge in [0.2, 0.25) is 0 Å². The molecule has 0 aliphatic heterocycles. The van der Waals surface area contributed by atoms with Crippen molar-refractivity contribution in [3.63, 3.8) is 0 Å². The van der Waals surface area contributed by atoms with E-state index in [-0.39, 0.29) is 0 Å². The Labute approximate surface area is 169 Å². The van der Waals surface area contributed by atoms with Crippen LogP contribution >= 0.6 is 8.58 Å². The van der Waals surface area contributed by atoms with Gasteiger partial charge in [-0.15, -0.1) is 15.2 Å². The first-order valence-corrected chi connectivity index (χ1v) is 13.3. The van der Waals surface area contributed by atoms with Crippen molar-refractivity contribution in [1.29, 1.82) is 0 Å². The molecule has 0 fully saturated rings. The maximum absolute atomic E-state index is 4.08. The molecule has 0 saturated carbocycles. The van der Waals surface area contributed by atoms with Crippen LogP contribution in [-0.4, -0.2) is 11.3 Å². The quantitative estimate of drug-likeness (QED) is 0.105. The van der Waals surface area contributed by atoms with Crippen LogP contribution in [0.15, 0.2) is 12.7 Å². The molecule has 156 valence electrons. The lowest BCUT2D eigenvalue weighted by atomic mass is 10.0. The Balaban J connectivity index is 3.21. The minimum atomic E-state index is 0.454. The zero-order valence-corrected chi connectivity index (χ0v) is 19.7. The third-order valence-corrected chi connectivity index (χ3v) is 8.38. The van der Waals surface area contributed by atoms with Crippen molar-refractivity contribution < 1.29 is 0 Å². The first-order chi connectivity index (χ1) is 12.7. The van der Waals surface area contributed by atoms with Crippen LogP contribution in [0, 0.1) is 0 Å². The van der Waals surface area contributed by atoms with E-state index in [1.807, 2.05) is 0 Å². The van der Waals surface area contributed by atoms with Gasteiger partial charge in [-0.05, 0) is 25.4 Å². The number of hydrogen-bond acceptors (Lipinski definition) is 0. The molecule has 1 heteroatoms. The van der Waals surface area contributed by atoms with Crippen molar-refractivity contribution in [3.05, 3.63) is 12.7 Å². The summed E-state index contributed by atoms with van der Waals surface area (Å²) in [4.78, 5) is 0. The summed E-state index contributed by atoms with van der Waals surface area (Å²) < 4.78 is 0. The Morgan fingerprint density at radius 3 is 1.23 bits per heavy atom. The Kier molecular flexibility index (Phi) is 20.0. The summed E-state index contributed by atoms with van der Waals surface area (Å²) in [5.41, 5.74) is 0. The van der Waals surface area contributed by atoms with Gasteiger partial charge in [-0.2, -0.15) is 0 Å². The van der Waals surface area contributed by atoms with Crippen LogP contribution in [-0.2, 0) is 0 Å². The molecule has 1 unspecified atom stereocenters. The maximum Gasteiger partial charge on any atom is 0.00477 e. The van der Waals surface area contributed by atoms with Crippen molar-refractivity contribution in [1.82, 2.24) is 0 Å². The van der Waals surface area contributed by atoms with Gasteiger partial charge in [-0.1, -0.05) is 123 Å². The fourth-order valence-corrected chi connectivity index (χ4v) is 5.44. The molecule has 0 N–H and O–H groups in total. The average Bonchev–Trinajstić information content (AvgIpc) is 2.68. The third-order valence-electron chi connectivity index (χ3n) is 6.16. The standard InChI is InChI=1S/C25H51P/c1-5-9-10-11-12-13-14-15-16-17-18-19-20-21-22-23-24-26-25(6-2,7-3)8-4/h6,26H,2,5,7-24H2,1,3-4H3. The van der Waals surface area contributed by atoms with E-state index >= 15 is 0 Å². The van der Waals surface area contributed by atoms with Crippen molar-refractivity contribution >= 4 is 8.58 Å². The summed E-state index contributed by atoms with van der Waals surface area (Å²) in [6, 6.07) is 0. The SMILES string of the molecule is C=CC(CC)(CC)PCCCCCCCCCCCCCCCCCC. The molecule has 0 spiro atoms. The minimum absolute atomic E-state index is 0.454. The van der Waals surface area contributed by atoms with E-state index in [1.165, 1.54) is 122 Å². The average molecular weight is 383 g/mol. The first kappa shape index (κ1) is 26.2. The lowest BCUT2D eigenvalue weighted by Crippen LogP contribution is -2.17. The summed E-state index contributed by atoms with van der Waals surface area (Å²) in [7, 11) is 1.09. The van der Waals surface area contributed by atoms with Gasteiger partial charge in [0.05, 0.1) is 0 Å². The van der Waals surface area contributed by atoms with Crippen molar-refractivity contribution in [2.45, 2.75) is 142 Å². The van der Waals surface area contributed by atoms with Gasteiger partial charge in [0.15, 0.2) is 0 Å². The molecular formula is C25H51P. The Morgan fingerprint density at radius 1 is 0.577 bits per heavy atom. The highest BCUT2D eigenvalue weighted by molar-refractivity contribution is 7.40. The Hall–Kier alpha value is 0.170. The summed E-state index contributed by atoms with van der Waals surface area (Å²) in [6.07, 6.45) is 29.6. The molecule has 0 rings (SSSR count). The minimum Gasteiger partial charge on any atom is -0.112 e. The van der Waals surface area contributed by atoms with Gasteiger partial charge in [0.25, 0.3) is 0 Å². The number of unbranched alkanes of at least 4 members (excludes halogenated alkanes) is 15. The highest BCUT2D eigenvalue weighted by Gasteiger charge is 2.20. The molecular weight excluding hydrogens is 331 g/mol. The van der Waals surface area contributed by atoms with Gasteiger partial charge in [-0.3, -0.25) is 0 Å². The van der Waals surface area contributed by atoms with Crippen molar-refractivity contribution in [3.8, 4) is 0 Å². The molecule has 0 aromatic carbocycles. The number of allylic oxidation sites excluding steroid dienone is 1. The summed E-state index contributed by atoms with van der Waals surface area (Å²) in [5.74, 6) is 0. The van der Waals surface area contributed by atoms with Crippen molar-refractivity contribution in [2.75, 3.05) is 6.16 Å². The second-order valence-electron chi connectivity index (χ2n) is 8.30. The molecule has 0 nitrogen and oxygen atoms in total. The third kappa shape index (κ3) is 15.2. The Bertz CT molecular complexity index is 280. The number of rotatable bonds is 21. The van der Waals surface area contributed by atoms with Crippen molar-refractivity contribution in [2.24, 2.45) is 0 Å². The van der Waals surface area contributed by atoms with E-state index in [1.54, 1.807) is 0 Å². The molecule has 0 saturated heterocycles. The van der Waals surface area contributed by atoms with Crippen LogP contribution in [0.5, 0.6) is 0 Å². The fourth-order valence-electron chi connectivity index (χ4n) is 3.87. The highest BCUT2D eigenvalue weighted by atomic mass is 31.1. The smallest absolute Gasteiger partial charge is 0.00477 e. The fraction of sp³-hybridized carbons (Fsp3) is 0.920. The topological polar surface area (TPSA) is 0 Å². The van der Waals surface area contributed by atoms with Crippen LogP contribution in [0.1, 0.15) is 136 Å². The zero-order valence-electron chi connectivity index (χ0n) is 18.7. The van der Waals surface area contributed by atoms with E-state index in [9.17, 15) is 0 Å². The van der Waals surface area contributed by atoms with Gasteiger partial charge >= 0.3 is 0 Å². The van der Waals surface area contributed by atoms with Crippen LogP contribution in [0.4, 0.5) is 0 Å². The second kappa shape index (κ2) is 19.9. The molecule has 0 amide bonds. The molecule has 0 aromatic heterocycles. The largest absolute Gasteiger partial charge is 0.112 e. The molecule has 0 heterocycles. The molecule has 0 radical (unpaired) electrons. The second-order valence-corrected chi connectivity index (χ2v) is 10.1. The predicted octanol–water partition coefficient (Wildman–Crippen LogP) is 9.67. The van der Waals surface area contributed by atoms with E-state index in [4.69, 9.17) is 0 Å². The van der Waals surface area contributed by atoms with Gasteiger partial charge in [-0.25, -0.2) is 0 Å². The highest BCUT2D eigenvalue weighted by Crippen LogP contribution is 2.39. The van der Waals surface area contributed by atoms with Gasteiger partial charge in [0.1, 0.15) is 0 Å². The molecule has 0 bridgehead atoms. The molecule has 0 aliphatic carbocycles. The molecule has 0 aromatic rings. The lowest BCUT2D eigenvalue weighted by molar-refractivity contribution is 0.531. The monoisotopic (exact) mass is 382 g/mol. The molecule has 1 atom stereocenters. The Morgan fingerprint density at radius 2 is 0.923 bits per heavy atom. The number of hydrogen-bond donors (Lipinski definition) is 0. The van der Waals surface area contributed by atoms with Gasteiger partial charge < -0.3 is 0 Å². The first-order valence-electron chi connectivity index (χ1n) is 12.1. The van der Waals surface area contributed by atoms with Crippen LogP contribution < -0.4 is 0 Å². The van der Waals surface area contributed by atoms with Crippen LogP contribution in [0.25, 0.3) is 0 Å². The van der Waals surface area contributed by atoms with E-state index in [0.717, 1.165) is 8.58 Å². The van der Waals surface area contributed by atoms with E-state index in [0.29, 0.717) is 5.16 Å². The van der Waals surface area contributed by atoms with Gasteiger partial charge in [0, 0.05) is 5.16 Å². The van der Waals surface area contributed by atoms with Crippen LogP contribution in [0.3, 0.4) is 0 Å². The molecule has 26 heavy (non-hydrogen) atoms. The normalized spacial score (nSPS) is 12.3. The summed E-state index contributed by atoms with van der Waals surface area (Å²) in [6.45, 7) is 11.0. The van der Waals surface area contributed by atoms with Crippen LogP contribution in [0.2, 0.25) is 0 Å². The summed E-state index contributed by atoms with van der Waals surface area (Å²) in [5, 5.41) is 0.454. The van der Waals surface area contributed by atoms with E-state index < -0.39 is 0 Å². The maximum atomic E-state index is 4.08. The zero-order chi connectivity index (χ0) is 19.3. The molecule has 0 aliphatic rings. The lowest BCUT2D eigenvalue weighted by Gasteiger charge is -2.27.